The minimum atomic E-state index is -0.149. The summed E-state index contributed by atoms with van der Waals surface area (Å²) in [4.78, 5) is 40.3. The van der Waals surface area contributed by atoms with Gasteiger partial charge in [0.05, 0.1) is 17.4 Å². The highest BCUT2D eigenvalue weighted by Crippen LogP contribution is 2.35. The molecule has 1 saturated carbocycles. The van der Waals surface area contributed by atoms with E-state index in [1.54, 1.807) is 0 Å². The van der Waals surface area contributed by atoms with Gasteiger partial charge in [0.1, 0.15) is 0 Å². The zero-order valence-corrected chi connectivity index (χ0v) is 24.8. The van der Waals surface area contributed by atoms with Crippen LogP contribution in [0.25, 0.3) is 0 Å². The van der Waals surface area contributed by atoms with Gasteiger partial charge in [-0.25, -0.2) is 4.79 Å². The van der Waals surface area contributed by atoms with E-state index in [4.69, 9.17) is 0 Å². The largest absolute Gasteiger partial charge is 0.393 e. The fourth-order valence-electron chi connectivity index (χ4n) is 7.84. The predicted octanol–water partition coefficient (Wildman–Crippen LogP) is 4.14. The van der Waals surface area contributed by atoms with Crippen LogP contribution in [-0.2, 0) is 0 Å². The smallest absolute Gasteiger partial charge is 0.320 e. The van der Waals surface area contributed by atoms with E-state index in [1.807, 2.05) is 31.7 Å². The summed E-state index contributed by atoms with van der Waals surface area (Å²) in [6.45, 7) is 15.7. The number of piperidine rings is 2. The number of amides is 3. The highest BCUT2D eigenvalue weighted by molar-refractivity contribution is 5.96. The Balaban J connectivity index is 1.13. The Morgan fingerprint density at radius 1 is 1.03 bits per heavy atom. The average Bonchev–Trinajstić information content (AvgIpc) is 3.17. The minimum absolute atomic E-state index is 0.0928. The third-order valence-electron chi connectivity index (χ3n) is 10.2. The van der Waals surface area contributed by atoms with Crippen molar-refractivity contribution in [2.75, 3.05) is 39.3 Å². The molecule has 1 unspecified atom stereocenters. The molecule has 3 amide bonds. The van der Waals surface area contributed by atoms with Gasteiger partial charge < -0.3 is 19.8 Å². The fourth-order valence-corrected chi connectivity index (χ4v) is 7.84. The van der Waals surface area contributed by atoms with E-state index in [-0.39, 0.29) is 29.6 Å². The number of aryl methyl sites for hydroxylation is 3. The van der Waals surface area contributed by atoms with E-state index in [2.05, 4.69) is 33.5 Å². The summed E-state index contributed by atoms with van der Waals surface area (Å²) in [5, 5.41) is 9.83. The minimum Gasteiger partial charge on any atom is -0.393 e. The molecule has 0 bridgehead atoms. The van der Waals surface area contributed by atoms with Gasteiger partial charge in [0.15, 0.2) is 0 Å². The average molecular weight is 540 g/mol. The first kappa shape index (κ1) is 28.3. The van der Waals surface area contributed by atoms with Crippen LogP contribution < -0.4 is 0 Å². The van der Waals surface area contributed by atoms with Crippen LogP contribution in [0.5, 0.6) is 0 Å². The molecule has 4 fully saturated rings. The van der Waals surface area contributed by atoms with Gasteiger partial charge in [0.2, 0.25) is 0 Å². The Kier molecular flexibility index (Phi) is 8.25. The summed E-state index contributed by atoms with van der Waals surface area (Å²) in [7, 11) is 0. The van der Waals surface area contributed by atoms with E-state index in [1.165, 1.54) is 0 Å². The second kappa shape index (κ2) is 11.4. The van der Waals surface area contributed by atoms with Crippen LogP contribution in [0.4, 0.5) is 4.79 Å². The lowest BCUT2D eigenvalue weighted by atomic mass is 9.85. The number of likely N-dealkylation sites (tertiary alicyclic amines) is 2. The van der Waals surface area contributed by atoms with E-state index >= 15 is 0 Å². The zero-order chi connectivity index (χ0) is 27.9. The Morgan fingerprint density at radius 3 is 2.28 bits per heavy atom. The molecular formula is C31H49N5O3. The number of hydrogen-bond donors (Lipinski definition) is 1. The number of rotatable bonds is 5. The van der Waals surface area contributed by atoms with Gasteiger partial charge in [0.25, 0.3) is 5.91 Å². The Labute approximate surface area is 234 Å². The second-order valence-corrected chi connectivity index (χ2v) is 13.2. The van der Waals surface area contributed by atoms with Gasteiger partial charge in [-0.05, 0) is 104 Å². The fraction of sp³-hybridized carbons (Fsp3) is 0.774. The summed E-state index contributed by atoms with van der Waals surface area (Å²) >= 11 is 0. The molecule has 8 nitrogen and oxygen atoms in total. The molecule has 0 radical (unpaired) electrons. The summed E-state index contributed by atoms with van der Waals surface area (Å²) in [6, 6.07) is 2.80. The van der Waals surface area contributed by atoms with Crippen LogP contribution in [0.1, 0.15) is 92.5 Å². The Morgan fingerprint density at radius 2 is 1.67 bits per heavy atom. The number of aliphatic hydroxyl groups is 1. The Bertz CT molecular complexity index is 1030. The molecule has 0 spiro atoms. The van der Waals surface area contributed by atoms with Crippen molar-refractivity contribution in [3.8, 4) is 0 Å². The van der Waals surface area contributed by atoms with Crippen LogP contribution in [0.15, 0.2) is 6.07 Å². The molecule has 1 N–H and O–H groups in total. The van der Waals surface area contributed by atoms with Crippen LogP contribution in [0.3, 0.4) is 0 Å². The molecule has 4 aliphatic rings. The van der Waals surface area contributed by atoms with Crippen molar-refractivity contribution in [3.63, 3.8) is 0 Å². The first-order chi connectivity index (χ1) is 18.6. The summed E-state index contributed by atoms with van der Waals surface area (Å²) < 4.78 is 0. The monoisotopic (exact) mass is 539 g/mol. The van der Waals surface area contributed by atoms with E-state index in [0.717, 1.165) is 113 Å². The van der Waals surface area contributed by atoms with Crippen LogP contribution in [0, 0.1) is 26.7 Å². The predicted molar refractivity (Wildman–Crippen MR) is 153 cm³/mol. The van der Waals surface area contributed by atoms with E-state index in [9.17, 15) is 14.7 Å². The van der Waals surface area contributed by atoms with Crippen molar-refractivity contribution < 1.29 is 14.7 Å². The number of carbonyl (C=O) groups excluding carboxylic acids is 2. The third kappa shape index (κ3) is 5.83. The van der Waals surface area contributed by atoms with Gasteiger partial charge in [-0.3, -0.25) is 14.7 Å². The Hall–Kier alpha value is -2.19. The summed E-state index contributed by atoms with van der Waals surface area (Å²) in [5.74, 6) is 0.646. The molecule has 8 heteroatoms. The van der Waals surface area contributed by atoms with E-state index in [0.29, 0.717) is 12.0 Å². The number of pyridine rings is 1. The lowest BCUT2D eigenvalue weighted by Crippen LogP contribution is -2.58. The highest BCUT2D eigenvalue weighted by atomic mass is 16.3. The molecule has 5 rings (SSSR count). The SMILES string of the molecule is Cc1cc(C)c(C(=O)N2CCC(C)(N3CCC(N4C(=O)N(CC5CCC(O)CC5)CC4C)CC3)CC2)c(C)n1. The third-order valence-corrected chi connectivity index (χ3v) is 10.2. The quantitative estimate of drug-likeness (QED) is 0.608. The molecule has 1 aromatic rings. The molecule has 1 aromatic heterocycles. The number of aromatic nitrogens is 1. The van der Waals surface area contributed by atoms with Crippen molar-refractivity contribution in [2.24, 2.45) is 5.92 Å². The van der Waals surface area contributed by atoms with Crippen molar-refractivity contribution >= 4 is 11.9 Å². The topological polar surface area (TPSA) is 80.2 Å². The second-order valence-electron chi connectivity index (χ2n) is 13.2. The number of hydrogen-bond acceptors (Lipinski definition) is 5. The number of aliphatic hydroxyl groups excluding tert-OH is 1. The normalized spacial score (nSPS) is 28.8. The lowest BCUT2D eigenvalue weighted by molar-refractivity contribution is 0.00555. The van der Waals surface area contributed by atoms with Gasteiger partial charge in [-0.15, -0.1) is 0 Å². The molecule has 0 aromatic carbocycles. The van der Waals surface area contributed by atoms with Crippen LogP contribution >= 0.6 is 0 Å². The number of urea groups is 1. The molecule has 1 atom stereocenters. The van der Waals surface area contributed by atoms with E-state index < -0.39 is 0 Å². The first-order valence-corrected chi connectivity index (χ1v) is 15.3. The zero-order valence-electron chi connectivity index (χ0n) is 24.8. The van der Waals surface area contributed by atoms with Gasteiger partial charge >= 0.3 is 6.03 Å². The molecule has 216 valence electrons. The number of nitrogens with zero attached hydrogens (tertiary/aromatic N) is 5. The molecular weight excluding hydrogens is 490 g/mol. The number of carbonyl (C=O) groups is 2. The molecule has 4 heterocycles. The lowest BCUT2D eigenvalue weighted by Gasteiger charge is -2.50. The van der Waals surface area contributed by atoms with Crippen LogP contribution in [0.2, 0.25) is 0 Å². The van der Waals surface area contributed by atoms with Crippen LogP contribution in [-0.4, -0.2) is 105 Å². The first-order valence-electron chi connectivity index (χ1n) is 15.3. The van der Waals surface area contributed by atoms with Gasteiger partial charge in [-0.2, -0.15) is 0 Å². The highest BCUT2D eigenvalue weighted by Gasteiger charge is 2.44. The van der Waals surface area contributed by atoms with Crippen molar-refractivity contribution in [2.45, 2.75) is 110 Å². The maximum absolute atomic E-state index is 13.4. The van der Waals surface area contributed by atoms with Crippen molar-refractivity contribution in [1.82, 2.24) is 24.6 Å². The van der Waals surface area contributed by atoms with Crippen molar-refractivity contribution in [1.29, 1.82) is 0 Å². The molecule has 3 aliphatic heterocycles. The molecule has 3 saturated heterocycles. The van der Waals surface area contributed by atoms with Crippen molar-refractivity contribution in [3.05, 3.63) is 28.6 Å². The molecule has 39 heavy (non-hydrogen) atoms. The summed E-state index contributed by atoms with van der Waals surface area (Å²) in [6.07, 6.45) is 7.64. The maximum atomic E-state index is 13.4. The van der Waals surface area contributed by atoms with Gasteiger partial charge in [0, 0.05) is 62.6 Å². The maximum Gasteiger partial charge on any atom is 0.320 e. The summed E-state index contributed by atoms with van der Waals surface area (Å²) in [5.41, 5.74) is 3.66. The molecule has 1 aliphatic carbocycles. The standard InChI is InChI=1S/C31H49N5O3/c1-21-18-22(2)32-24(4)28(21)29(38)33-16-12-31(5,13-17-33)35-14-10-26(11-15-35)36-23(3)19-34(30(36)39)20-25-6-8-27(37)9-7-25/h18,23,25-27,37H,6-17,19-20H2,1-5H3. The van der Waals surface area contributed by atoms with Gasteiger partial charge in [-0.1, -0.05) is 0 Å².